The van der Waals surface area contributed by atoms with Gasteiger partial charge in [-0.05, 0) is 0 Å². The fourth-order valence-corrected chi connectivity index (χ4v) is 1.68. The van der Waals surface area contributed by atoms with Gasteiger partial charge in [0.25, 0.3) is 0 Å². The van der Waals surface area contributed by atoms with Crippen LogP contribution in [0.4, 0.5) is 0 Å². The number of aliphatic hydroxyl groups excluding tert-OH is 2. The molecule has 2 fully saturated rings. The zero-order valence-corrected chi connectivity index (χ0v) is 7.00. The molecule has 2 N–H and O–H groups in total. The van der Waals surface area contributed by atoms with Crippen molar-refractivity contribution in [3.8, 4) is 0 Å². The van der Waals surface area contributed by atoms with E-state index in [4.69, 9.17) is 14.2 Å². The predicted octanol–water partition coefficient (Wildman–Crippen LogP) is -1.01. The van der Waals surface area contributed by atoms with E-state index in [0.717, 1.165) is 0 Å². The van der Waals surface area contributed by atoms with Gasteiger partial charge in [-0.25, -0.2) is 0 Å². The quantitative estimate of drug-likeness (QED) is 0.543. The molecule has 13 heavy (non-hydrogen) atoms. The second-order valence-corrected chi connectivity index (χ2v) is 3.13. The Morgan fingerprint density at radius 3 is 2.77 bits per heavy atom. The van der Waals surface area contributed by atoms with Crippen LogP contribution in [-0.4, -0.2) is 47.5 Å². The SMILES string of the molecule is C=COC1O[C@@H]2[C@H](OC[C@@H]2O)[C@H]1O. The van der Waals surface area contributed by atoms with Gasteiger partial charge in [0, 0.05) is 0 Å². The van der Waals surface area contributed by atoms with Gasteiger partial charge < -0.3 is 24.4 Å². The zero-order valence-electron chi connectivity index (χ0n) is 7.00. The summed E-state index contributed by atoms with van der Waals surface area (Å²) in [7, 11) is 0. The lowest BCUT2D eigenvalue weighted by Crippen LogP contribution is -2.32. The van der Waals surface area contributed by atoms with Gasteiger partial charge in [0.1, 0.15) is 24.4 Å². The van der Waals surface area contributed by atoms with Gasteiger partial charge in [-0.2, -0.15) is 0 Å². The molecule has 0 aromatic carbocycles. The van der Waals surface area contributed by atoms with Gasteiger partial charge in [0.15, 0.2) is 0 Å². The molecular weight excluding hydrogens is 176 g/mol. The summed E-state index contributed by atoms with van der Waals surface area (Å²) in [6, 6.07) is 0. The Morgan fingerprint density at radius 2 is 2.15 bits per heavy atom. The van der Waals surface area contributed by atoms with Crippen molar-refractivity contribution in [1.82, 2.24) is 0 Å². The summed E-state index contributed by atoms with van der Waals surface area (Å²) in [4.78, 5) is 0. The van der Waals surface area contributed by atoms with E-state index in [0.29, 0.717) is 0 Å². The minimum atomic E-state index is -0.861. The molecule has 0 saturated carbocycles. The molecule has 74 valence electrons. The molecule has 5 heteroatoms. The Kier molecular flexibility index (Phi) is 2.25. The monoisotopic (exact) mass is 188 g/mol. The molecule has 0 spiro atoms. The first-order valence-electron chi connectivity index (χ1n) is 4.13. The first-order valence-corrected chi connectivity index (χ1v) is 4.13. The van der Waals surface area contributed by atoms with Gasteiger partial charge in [-0.15, -0.1) is 0 Å². The maximum atomic E-state index is 9.57. The number of aliphatic hydroxyl groups is 2. The molecule has 2 aliphatic rings. The summed E-state index contributed by atoms with van der Waals surface area (Å²) in [5, 5.41) is 18.9. The normalized spacial score (nSPS) is 48.9. The van der Waals surface area contributed by atoms with Gasteiger partial charge in [-0.3, -0.25) is 0 Å². The average molecular weight is 188 g/mol. The molecule has 2 saturated heterocycles. The second-order valence-electron chi connectivity index (χ2n) is 3.13. The highest BCUT2D eigenvalue weighted by molar-refractivity contribution is 4.96. The van der Waals surface area contributed by atoms with Crippen LogP contribution in [0.3, 0.4) is 0 Å². The molecule has 0 radical (unpaired) electrons. The van der Waals surface area contributed by atoms with Crippen LogP contribution in [0.1, 0.15) is 0 Å². The smallest absolute Gasteiger partial charge is 0.228 e. The number of ether oxygens (including phenoxy) is 3. The lowest BCUT2D eigenvalue weighted by atomic mass is 10.1. The lowest BCUT2D eigenvalue weighted by molar-refractivity contribution is -0.153. The molecular formula is C8H12O5. The van der Waals surface area contributed by atoms with Crippen molar-refractivity contribution in [3.63, 3.8) is 0 Å². The van der Waals surface area contributed by atoms with E-state index >= 15 is 0 Å². The molecule has 2 rings (SSSR count). The fraction of sp³-hybridized carbons (Fsp3) is 0.750. The number of hydrogen-bond acceptors (Lipinski definition) is 5. The van der Waals surface area contributed by atoms with E-state index in [1.807, 2.05) is 0 Å². The van der Waals surface area contributed by atoms with Crippen LogP contribution in [0.15, 0.2) is 12.8 Å². The summed E-state index contributed by atoms with van der Waals surface area (Å²) < 4.78 is 15.3. The molecule has 0 aliphatic carbocycles. The Morgan fingerprint density at radius 1 is 1.38 bits per heavy atom. The lowest BCUT2D eigenvalue weighted by Gasteiger charge is -2.15. The Hall–Kier alpha value is -0.620. The molecule has 0 aromatic rings. The van der Waals surface area contributed by atoms with Crippen molar-refractivity contribution < 1.29 is 24.4 Å². The first-order chi connectivity index (χ1) is 6.24. The van der Waals surface area contributed by atoms with Crippen molar-refractivity contribution in [2.75, 3.05) is 6.61 Å². The molecule has 1 unspecified atom stereocenters. The van der Waals surface area contributed by atoms with Gasteiger partial charge in [0.05, 0.1) is 12.9 Å². The van der Waals surface area contributed by atoms with Crippen LogP contribution >= 0.6 is 0 Å². The largest absolute Gasteiger partial charge is 0.470 e. The first kappa shape index (κ1) is 8.96. The standard InChI is InChI=1S/C8H12O5/c1-2-11-8-5(10)7-6(13-8)4(9)3-12-7/h2,4-10H,1,3H2/t4-,5+,6-,7+,8?/m0/s1. The van der Waals surface area contributed by atoms with Crippen molar-refractivity contribution in [1.29, 1.82) is 0 Å². The minimum absolute atomic E-state index is 0.202. The maximum absolute atomic E-state index is 9.57. The molecule has 5 nitrogen and oxygen atoms in total. The number of rotatable bonds is 2. The third-order valence-corrected chi connectivity index (χ3v) is 2.30. The van der Waals surface area contributed by atoms with Gasteiger partial charge in [-0.1, -0.05) is 6.58 Å². The maximum Gasteiger partial charge on any atom is 0.228 e. The van der Waals surface area contributed by atoms with E-state index in [1.54, 1.807) is 0 Å². The Balaban J connectivity index is 2.04. The van der Waals surface area contributed by atoms with Crippen LogP contribution < -0.4 is 0 Å². The van der Waals surface area contributed by atoms with E-state index in [2.05, 4.69) is 6.58 Å². The Labute approximate surface area is 75.5 Å². The molecule has 5 atom stereocenters. The van der Waals surface area contributed by atoms with E-state index in [1.165, 1.54) is 6.26 Å². The summed E-state index contributed by atoms with van der Waals surface area (Å²) in [6.07, 6.45) is -2.10. The summed E-state index contributed by atoms with van der Waals surface area (Å²) in [6.45, 7) is 3.56. The van der Waals surface area contributed by atoms with E-state index in [-0.39, 0.29) is 6.61 Å². The van der Waals surface area contributed by atoms with Crippen molar-refractivity contribution in [2.45, 2.75) is 30.7 Å². The summed E-state index contributed by atoms with van der Waals surface area (Å²) in [5.74, 6) is 0. The minimum Gasteiger partial charge on any atom is -0.470 e. The van der Waals surface area contributed by atoms with Crippen LogP contribution in [0.25, 0.3) is 0 Å². The van der Waals surface area contributed by atoms with E-state index in [9.17, 15) is 10.2 Å². The van der Waals surface area contributed by atoms with Gasteiger partial charge in [0.2, 0.25) is 6.29 Å². The zero-order chi connectivity index (χ0) is 9.42. The number of hydrogen-bond donors (Lipinski definition) is 2. The third kappa shape index (κ3) is 1.34. The average Bonchev–Trinajstić information content (AvgIpc) is 2.59. The van der Waals surface area contributed by atoms with Gasteiger partial charge >= 0.3 is 0 Å². The van der Waals surface area contributed by atoms with Crippen LogP contribution in [0.2, 0.25) is 0 Å². The predicted molar refractivity (Wildman–Crippen MR) is 41.7 cm³/mol. The van der Waals surface area contributed by atoms with Crippen molar-refractivity contribution >= 4 is 0 Å². The molecule has 2 aliphatic heterocycles. The fourth-order valence-electron chi connectivity index (χ4n) is 1.68. The van der Waals surface area contributed by atoms with Crippen LogP contribution in [0.5, 0.6) is 0 Å². The van der Waals surface area contributed by atoms with E-state index < -0.39 is 30.7 Å². The van der Waals surface area contributed by atoms with Crippen LogP contribution in [-0.2, 0) is 14.2 Å². The molecule has 0 amide bonds. The highest BCUT2D eigenvalue weighted by Crippen LogP contribution is 2.31. The van der Waals surface area contributed by atoms with Crippen molar-refractivity contribution in [3.05, 3.63) is 12.8 Å². The third-order valence-electron chi connectivity index (χ3n) is 2.30. The summed E-state index contributed by atoms with van der Waals surface area (Å²) in [5.41, 5.74) is 0. The highest BCUT2D eigenvalue weighted by Gasteiger charge is 2.52. The Bertz CT molecular complexity index is 207. The second kappa shape index (κ2) is 3.26. The highest BCUT2D eigenvalue weighted by atomic mass is 16.7. The topological polar surface area (TPSA) is 68.2 Å². The van der Waals surface area contributed by atoms with Crippen LogP contribution in [0, 0.1) is 0 Å². The summed E-state index contributed by atoms with van der Waals surface area (Å²) >= 11 is 0. The molecule has 0 aromatic heterocycles. The molecule has 2 heterocycles. The number of fused-ring (bicyclic) bond motifs is 1. The molecule has 0 bridgehead atoms. The van der Waals surface area contributed by atoms with Crippen molar-refractivity contribution in [2.24, 2.45) is 0 Å².